The molecule has 4 rings (SSSR count). The molecule has 1 aliphatic rings. The molecule has 1 N–H and O–H groups in total. The van der Waals surface area contributed by atoms with E-state index in [1.54, 1.807) is 30.3 Å². The molecular weight excluding hydrogens is 412 g/mol. The summed E-state index contributed by atoms with van der Waals surface area (Å²) in [6, 6.07) is 24.8. The average Bonchev–Trinajstić information content (AvgIpc) is 2.80. The zero-order valence-corrected chi connectivity index (χ0v) is 17.8. The van der Waals surface area contributed by atoms with Gasteiger partial charge in [-0.2, -0.15) is 4.31 Å². The quantitative estimate of drug-likeness (QED) is 0.615. The molecule has 0 saturated heterocycles. The van der Waals surface area contributed by atoms with E-state index in [0.717, 1.165) is 16.9 Å². The van der Waals surface area contributed by atoms with Crippen LogP contribution in [0, 0.1) is 0 Å². The summed E-state index contributed by atoms with van der Waals surface area (Å²) in [5, 5.41) is 2.99. The molecule has 0 radical (unpaired) electrons. The van der Waals surface area contributed by atoms with Crippen molar-refractivity contribution >= 4 is 15.9 Å². The molecular formula is C24H24N2O4S. The van der Waals surface area contributed by atoms with Gasteiger partial charge < -0.3 is 10.1 Å². The van der Waals surface area contributed by atoms with Crippen LogP contribution in [-0.2, 0) is 21.4 Å². The largest absolute Gasteiger partial charge is 0.493 e. The number of nitrogens with one attached hydrogen (secondary N) is 1. The van der Waals surface area contributed by atoms with Gasteiger partial charge in [0.15, 0.2) is 0 Å². The first kappa shape index (κ1) is 21.1. The average molecular weight is 437 g/mol. The SMILES string of the molecule is O=C(CN(Cc1ccccc1)S(=O)(=O)c1ccccc1)N[C@H]1CCOc2ccccc21. The first-order chi connectivity index (χ1) is 15.0. The fraction of sp³-hybridized carbons (Fsp3) is 0.208. The standard InChI is InChI=1S/C24H24N2O4S/c27-24(25-22-15-16-30-23-14-8-7-13-21(22)23)18-26(17-19-9-3-1-4-10-19)31(28,29)20-11-5-2-6-12-20/h1-14,22H,15-18H2,(H,25,27)/t22-/m0/s1. The minimum atomic E-state index is -3.85. The summed E-state index contributed by atoms with van der Waals surface area (Å²) in [4.78, 5) is 13.1. The highest BCUT2D eigenvalue weighted by Crippen LogP contribution is 2.31. The van der Waals surface area contributed by atoms with Crippen molar-refractivity contribution in [2.75, 3.05) is 13.2 Å². The van der Waals surface area contributed by atoms with Crippen molar-refractivity contribution in [1.29, 1.82) is 0 Å². The van der Waals surface area contributed by atoms with Crippen molar-refractivity contribution < 1.29 is 17.9 Å². The van der Waals surface area contributed by atoms with Crippen molar-refractivity contribution in [1.82, 2.24) is 9.62 Å². The van der Waals surface area contributed by atoms with E-state index in [4.69, 9.17) is 4.74 Å². The maximum atomic E-state index is 13.3. The van der Waals surface area contributed by atoms with Gasteiger partial charge >= 0.3 is 0 Å². The molecule has 160 valence electrons. The number of amides is 1. The number of para-hydroxylation sites is 1. The second-order valence-electron chi connectivity index (χ2n) is 7.37. The highest BCUT2D eigenvalue weighted by molar-refractivity contribution is 7.89. The Bertz CT molecular complexity index is 1130. The number of sulfonamides is 1. The van der Waals surface area contributed by atoms with Crippen LogP contribution in [0.3, 0.4) is 0 Å². The van der Waals surface area contributed by atoms with E-state index in [9.17, 15) is 13.2 Å². The Morgan fingerprint density at radius 2 is 1.58 bits per heavy atom. The van der Waals surface area contributed by atoms with E-state index in [-0.39, 0.29) is 29.9 Å². The number of hydrogen-bond acceptors (Lipinski definition) is 4. The molecule has 0 aliphatic carbocycles. The molecule has 7 heteroatoms. The zero-order chi connectivity index (χ0) is 21.7. The molecule has 1 aliphatic heterocycles. The highest BCUT2D eigenvalue weighted by Gasteiger charge is 2.29. The third kappa shape index (κ3) is 4.95. The number of hydrogen-bond donors (Lipinski definition) is 1. The van der Waals surface area contributed by atoms with Gasteiger partial charge in [-0.3, -0.25) is 4.79 Å². The lowest BCUT2D eigenvalue weighted by Crippen LogP contribution is -2.42. The molecule has 1 atom stereocenters. The Kier molecular flexibility index (Phi) is 6.34. The maximum Gasteiger partial charge on any atom is 0.243 e. The number of rotatable bonds is 7. The summed E-state index contributed by atoms with van der Waals surface area (Å²) in [6.45, 7) is 0.333. The number of ether oxygens (including phenoxy) is 1. The topological polar surface area (TPSA) is 75.7 Å². The predicted octanol–water partition coefficient (Wildman–Crippen LogP) is 3.52. The molecule has 0 aromatic heterocycles. The third-order valence-corrected chi connectivity index (χ3v) is 7.00. The smallest absolute Gasteiger partial charge is 0.243 e. The normalized spacial score (nSPS) is 15.7. The van der Waals surface area contributed by atoms with Crippen molar-refractivity contribution in [3.63, 3.8) is 0 Å². The summed E-state index contributed by atoms with van der Waals surface area (Å²) >= 11 is 0. The van der Waals surface area contributed by atoms with Crippen LogP contribution in [-0.4, -0.2) is 31.8 Å². The van der Waals surface area contributed by atoms with Crippen LogP contribution in [0.5, 0.6) is 5.75 Å². The number of carbonyl (C=O) groups is 1. The zero-order valence-electron chi connectivity index (χ0n) is 17.0. The molecule has 0 bridgehead atoms. The van der Waals surface area contributed by atoms with Gasteiger partial charge in [0.2, 0.25) is 15.9 Å². The van der Waals surface area contributed by atoms with Crippen LogP contribution >= 0.6 is 0 Å². The molecule has 0 saturated carbocycles. The maximum absolute atomic E-state index is 13.3. The van der Waals surface area contributed by atoms with Crippen LogP contribution in [0.1, 0.15) is 23.6 Å². The van der Waals surface area contributed by atoms with E-state index < -0.39 is 10.0 Å². The second kappa shape index (κ2) is 9.32. The Hall–Kier alpha value is -3.16. The first-order valence-corrected chi connectivity index (χ1v) is 11.6. The molecule has 0 spiro atoms. The number of nitrogens with zero attached hydrogens (tertiary/aromatic N) is 1. The Morgan fingerprint density at radius 1 is 0.935 bits per heavy atom. The van der Waals surface area contributed by atoms with Crippen molar-refractivity contribution in [3.05, 3.63) is 96.1 Å². The van der Waals surface area contributed by atoms with Crippen LogP contribution in [0.2, 0.25) is 0 Å². The summed E-state index contributed by atoms with van der Waals surface area (Å²) < 4.78 is 33.4. The van der Waals surface area contributed by atoms with Crippen LogP contribution in [0.15, 0.2) is 89.8 Å². The van der Waals surface area contributed by atoms with Gasteiger partial charge in [-0.1, -0.05) is 66.7 Å². The lowest BCUT2D eigenvalue weighted by molar-refractivity contribution is -0.122. The van der Waals surface area contributed by atoms with Gasteiger partial charge in [-0.25, -0.2) is 8.42 Å². The Morgan fingerprint density at radius 3 is 2.32 bits per heavy atom. The fourth-order valence-electron chi connectivity index (χ4n) is 3.65. The van der Waals surface area contributed by atoms with E-state index >= 15 is 0 Å². The minimum Gasteiger partial charge on any atom is -0.493 e. The monoisotopic (exact) mass is 436 g/mol. The van der Waals surface area contributed by atoms with Gasteiger partial charge in [-0.05, 0) is 23.8 Å². The molecule has 3 aromatic rings. The Balaban J connectivity index is 1.55. The predicted molar refractivity (Wildman–Crippen MR) is 118 cm³/mol. The molecule has 0 fully saturated rings. The number of benzene rings is 3. The van der Waals surface area contributed by atoms with Crippen LogP contribution < -0.4 is 10.1 Å². The molecule has 1 heterocycles. The van der Waals surface area contributed by atoms with Gasteiger partial charge in [0.25, 0.3) is 0 Å². The number of fused-ring (bicyclic) bond motifs is 1. The summed E-state index contributed by atoms with van der Waals surface area (Å²) in [6.07, 6.45) is 0.632. The highest BCUT2D eigenvalue weighted by atomic mass is 32.2. The first-order valence-electron chi connectivity index (χ1n) is 10.1. The van der Waals surface area contributed by atoms with Crippen molar-refractivity contribution in [2.45, 2.75) is 23.9 Å². The van der Waals surface area contributed by atoms with Crippen LogP contribution in [0.25, 0.3) is 0 Å². The van der Waals surface area contributed by atoms with E-state index in [1.807, 2.05) is 54.6 Å². The summed E-state index contributed by atoms with van der Waals surface area (Å²) in [5.74, 6) is 0.397. The van der Waals surface area contributed by atoms with Crippen LogP contribution in [0.4, 0.5) is 0 Å². The third-order valence-electron chi connectivity index (χ3n) is 5.20. The molecule has 6 nitrogen and oxygen atoms in total. The second-order valence-corrected chi connectivity index (χ2v) is 9.30. The molecule has 1 amide bonds. The van der Waals surface area contributed by atoms with Gasteiger partial charge in [-0.15, -0.1) is 0 Å². The van der Waals surface area contributed by atoms with Gasteiger partial charge in [0.1, 0.15) is 5.75 Å². The van der Waals surface area contributed by atoms with Gasteiger partial charge in [0.05, 0.1) is 24.1 Å². The summed E-state index contributed by atoms with van der Waals surface area (Å²) in [7, 11) is -3.85. The van der Waals surface area contributed by atoms with E-state index in [2.05, 4.69) is 5.32 Å². The van der Waals surface area contributed by atoms with E-state index in [1.165, 1.54) is 4.31 Å². The Labute approximate surface area is 182 Å². The molecule has 3 aromatic carbocycles. The number of carbonyl (C=O) groups excluding carboxylic acids is 1. The van der Waals surface area contributed by atoms with E-state index in [0.29, 0.717) is 13.0 Å². The van der Waals surface area contributed by atoms with Gasteiger partial charge in [0, 0.05) is 18.5 Å². The molecule has 31 heavy (non-hydrogen) atoms. The minimum absolute atomic E-state index is 0.107. The lowest BCUT2D eigenvalue weighted by atomic mass is 10.0. The van der Waals surface area contributed by atoms with Crippen molar-refractivity contribution in [2.24, 2.45) is 0 Å². The fourth-order valence-corrected chi connectivity index (χ4v) is 5.05. The van der Waals surface area contributed by atoms with Crippen molar-refractivity contribution in [3.8, 4) is 5.75 Å². The molecule has 0 unspecified atom stereocenters. The summed E-state index contributed by atoms with van der Waals surface area (Å²) in [5.41, 5.74) is 1.72. The lowest BCUT2D eigenvalue weighted by Gasteiger charge is -2.28.